The van der Waals surface area contributed by atoms with Crippen LogP contribution < -0.4 is 5.73 Å². The predicted octanol–water partition coefficient (Wildman–Crippen LogP) is 1.87. The van der Waals surface area contributed by atoms with Gasteiger partial charge in [0.05, 0.1) is 11.6 Å². The van der Waals surface area contributed by atoms with Crippen molar-refractivity contribution in [3.05, 3.63) is 34.4 Å². The highest BCUT2D eigenvalue weighted by atomic mass is 35.5. The molecule has 0 heterocycles. The summed E-state index contributed by atoms with van der Waals surface area (Å²) < 4.78 is 26.3. The standard InChI is InChI=1S/C10H12ClF2NO/c1-10(14,5-15)4-6-7(12)2-3-8(13)9(6)11/h2-3,15H,4-5,14H2,1H3. The fourth-order valence-electron chi connectivity index (χ4n) is 1.19. The molecule has 84 valence electrons. The van der Waals surface area contributed by atoms with Crippen molar-refractivity contribution in [2.24, 2.45) is 5.73 Å². The monoisotopic (exact) mass is 235 g/mol. The lowest BCUT2D eigenvalue weighted by Crippen LogP contribution is -2.42. The van der Waals surface area contributed by atoms with Gasteiger partial charge in [0.25, 0.3) is 0 Å². The Labute approximate surface area is 91.7 Å². The van der Waals surface area contributed by atoms with Gasteiger partial charge in [0.2, 0.25) is 0 Å². The van der Waals surface area contributed by atoms with Crippen molar-refractivity contribution in [2.45, 2.75) is 18.9 Å². The lowest BCUT2D eigenvalue weighted by atomic mass is 9.94. The van der Waals surface area contributed by atoms with Gasteiger partial charge in [0.1, 0.15) is 11.6 Å². The first-order valence-electron chi connectivity index (χ1n) is 4.39. The van der Waals surface area contributed by atoms with Crippen LogP contribution in [-0.4, -0.2) is 17.3 Å². The van der Waals surface area contributed by atoms with E-state index in [1.54, 1.807) is 0 Å². The van der Waals surface area contributed by atoms with Gasteiger partial charge in [-0.1, -0.05) is 11.6 Å². The summed E-state index contributed by atoms with van der Waals surface area (Å²) in [5.41, 5.74) is 4.62. The van der Waals surface area contributed by atoms with E-state index in [9.17, 15) is 8.78 Å². The van der Waals surface area contributed by atoms with Crippen LogP contribution in [0.4, 0.5) is 8.78 Å². The van der Waals surface area contributed by atoms with Crippen LogP contribution in [0.5, 0.6) is 0 Å². The third-order valence-corrected chi connectivity index (χ3v) is 2.49. The second-order valence-corrected chi connectivity index (χ2v) is 4.19. The van der Waals surface area contributed by atoms with Crippen molar-refractivity contribution in [2.75, 3.05) is 6.61 Å². The number of aliphatic hydroxyl groups is 1. The fraction of sp³-hybridized carbons (Fsp3) is 0.400. The third-order valence-electron chi connectivity index (χ3n) is 2.08. The molecule has 0 aliphatic carbocycles. The van der Waals surface area contributed by atoms with Gasteiger partial charge in [-0.25, -0.2) is 8.78 Å². The van der Waals surface area contributed by atoms with Crippen LogP contribution >= 0.6 is 11.6 Å². The zero-order chi connectivity index (χ0) is 11.6. The summed E-state index contributed by atoms with van der Waals surface area (Å²) in [5, 5.41) is 8.64. The van der Waals surface area contributed by atoms with E-state index in [2.05, 4.69) is 0 Å². The van der Waals surface area contributed by atoms with Crippen LogP contribution in [-0.2, 0) is 6.42 Å². The first kappa shape index (κ1) is 12.4. The number of hydrogen-bond donors (Lipinski definition) is 2. The molecule has 0 spiro atoms. The predicted molar refractivity (Wildman–Crippen MR) is 54.8 cm³/mol. The van der Waals surface area contributed by atoms with Gasteiger partial charge in [-0.3, -0.25) is 0 Å². The second-order valence-electron chi connectivity index (χ2n) is 3.81. The van der Waals surface area contributed by atoms with Crippen LogP contribution in [0.25, 0.3) is 0 Å². The van der Waals surface area contributed by atoms with Crippen LogP contribution in [0.3, 0.4) is 0 Å². The molecule has 15 heavy (non-hydrogen) atoms. The summed E-state index contributed by atoms with van der Waals surface area (Å²) >= 11 is 5.61. The molecule has 0 fully saturated rings. The Kier molecular flexibility index (Phi) is 3.65. The van der Waals surface area contributed by atoms with Gasteiger partial charge >= 0.3 is 0 Å². The van der Waals surface area contributed by atoms with Crippen molar-refractivity contribution in [3.63, 3.8) is 0 Å². The first-order chi connectivity index (χ1) is 6.87. The lowest BCUT2D eigenvalue weighted by Gasteiger charge is -2.22. The van der Waals surface area contributed by atoms with E-state index in [4.69, 9.17) is 22.4 Å². The number of nitrogens with two attached hydrogens (primary N) is 1. The molecule has 0 aromatic heterocycles. The van der Waals surface area contributed by atoms with Gasteiger partial charge in [-0.05, 0) is 25.5 Å². The Bertz CT molecular complexity index is 369. The maximum Gasteiger partial charge on any atom is 0.142 e. The molecule has 1 unspecified atom stereocenters. The average Bonchev–Trinajstić information content (AvgIpc) is 2.19. The Hall–Kier alpha value is -0.710. The minimum absolute atomic E-state index is 0.00397. The number of rotatable bonds is 3. The molecule has 1 aromatic rings. The molecule has 1 atom stereocenters. The lowest BCUT2D eigenvalue weighted by molar-refractivity contribution is 0.207. The summed E-state index contributed by atoms with van der Waals surface area (Å²) in [5.74, 6) is -1.31. The maximum atomic E-state index is 13.3. The third kappa shape index (κ3) is 2.87. The fourth-order valence-corrected chi connectivity index (χ4v) is 1.41. The van der Waals surface area contributed by atoms with Crippen LogP contribution in [0.2, 0.25) is 5.02 Å². The molecule has 0 saturated carbocycles. The van der Waals surface area contributed by atoms with Gasteiger partial charge < -0.3 is 10.8 Å². The highest BCUT2D eigenvalue weighted by Gasteiger charge is 2.23. The highest BCUT2D eigenvalue weighted by Crippen LogP contribution is 2.25. The van der Waals surface area contributed by atoms with E-state index in [0.29, 0.717) is 0 Å². The maximum absolute atomic E-state index is 13.3. The molecule has 0 radical (unpaired) electrons. The van der Waals surface area contributed by atoms with E-state index in [0.717, 1.165) is 12.1 Å². The number of hydrogen-bond acceptors (Lipinski definition) is 2. The summed E-state index contributed by atoms with van der Waals surface area (Å²) in [6.07, 6.45) is -0.0219. The quantitative estimate of drug-likeness (QED) is 0.786. The topological polar surface area (TPSA) is 46.2 Å². The smallest absolute Gasteiger partial charge is 0.142 e. The molecule has 1 rings (SSSR count). The Morgan fingerprint density at radius 1 is 1.40 bits per heavy atom. The van der Waals surface area contributed by atoms with Crippen LogP contribution in [0.1, 0.15) is 12.5 Å². The summed E-state index contributed by atoms with van der Waals surface area (Å²) in [6.45, 7) is 1.20. The van der Waals surface area contributed by atoms with E-state index in [1.165, 1.54) is 6.92 Å². The molecule has 0 bridgehead atoms. The second kappa shape index (κ2) is 4.43. The molecule has 2 nitrogen and oxygen atoms in total. The Morgan fingerprint density at radius 2 is 1.93 bits per heavy atom. The largest absolute Gasteiger partial charge is 0.394 e. The van der Waals surface area contributed by atoms with E-state index >= 15 is 0 Å². The number of benzene rings is 1. The SMILES string of the molecule is CC(N)(CO)Cc1c(F)ccc(F)c1Cl. The van der Waals surface area contributed by atoms with Gasteiger partial charge in [-0.15, -0.1) is 0 Å². The minimum atomic E-state index is -1.02. The van der Waals surface area contributed by atoms with Crippen LogP contribution in [0, 0.1) is 11.6 Å². The van der Waals surface area contributed by atoms with E-state index < -0.39 is 17.2 Å². The number of aliphatic hydroxyl groups excluding tert-OH is 1. The van der Waals surface area contributed by atoms with E-state index in [1.807, 2.05) is 0 Å². The summed E-state index contributed by atoms with van der Waals surface area (Å²) in [4.78, 5) is 0. The minimum Gasteiger partial charge on any atom is -0.394 e. The zero-order valence-electron chi connectivity index (χ0n) is 8.23. The number of halogens is 3. The van der Waals surface area contributed by atoms with Gasteiger partial charge in [-0.2, -0.15) is 0 Å². The molecular formula is C10H12ClF2NO. The van der Waals surface area contributed by atoms with Crippen molar-refractivity contribution in [3.8, 4) is 0 Å². The molecule has 0 aliphatic rings. The zero-order valence-corrected chi connectivity index (χ0v) is 8.98. The normalized spacial score (nSPS) is 15.1. The van der Waals surface area contributed by atoms with Gasteiger partial charge in [0.15, 0.2) is 0 Å². The van der Waals surface area contributed by atoms with Crippen molar-refractivity contribution in [1.29, 1.82) is 0 Å². The van der Waals surface area contributed by atoms with Crippen molar-refractivity contribution >= 4 is 11.6 Å². The molecule has 5 heteroatoms. The molecule has 0 saturated heterocycles. The molecule has 0 aliphatic heterocycles. The average molecular weight is 236 g/mol. The molecule has 1 aromatic carbocycles. The molecular weight excluding hydrogens is 224 g/mol. The molecule has 3 N–H and O–H groups in total. The van der Waals surface area contributed by atoms with Crippen LogP contribution in [0.15, 0.2) is 12.1 Å². The molecule has 0 amide bonds. The Balaban J connectivity index is 3.09. The van der Waals surface area contributed by atoms with Crippen molar-refractivity contribution in [1.82, 2.24) is 0 Å². The Morgan fingerprint density at radius 3 is 2.47 bits per heavy atom. The van der Waals surface area contributed by atoms with Gasteiger partial charge in [0, 0.05) is 11.1 Å². The van der Waals surface area contributed by atoms with Crippen molar-refractivity contribution < 1.29 is 13.9 Å². The first-order valence-corrected chi connectivity index (χ1v) is 4.77. The summed E-state index contributed by atoms with van der Waals surface area (Å²) in [6, 6.07) is 1.94. The highest BCUT2D eigenvalue weighted by molar-refractivity contribution is 6.31. The summed E-state index contributed by atoms with van der Waals surface area (Å²) in [7, 11) is 0. The van der Waals surface area contributed by atoms with E-state index in [-0.39, 0.29) is 23.6 Å².